The van der Waals surface area contributed by atoms with Gasteiger partial charge in [0.15, 0.2) is 11.5 Å². The summed E-state index contributed by atoms with van der Waals surface area (Å²) in [5.74, 6) is -0.189. The van der Waals surface area contributed by atoms with E-state index in [0.29, 0.717) is 29.2 Å². The number of halogens is 1. The summed E-state index contributed by atoms with van der Waals surface area (Å²) in [6.07, 6.45) is 3.42. The van der Waals surface area contributed by atoms with E-state index in [2.05, 4.69) is 17.5 Å². The summed E-state index contributed by atoms with van der Waals surface area (Å²) < 4.78 is 29.4. The van der Waals surface area contributed by atoms with Crippen LogP contribution >= 0.6 is 0 Å². The minimum absolute atomic E-state index is 0.239. The summed E-state index contributed by atoms with van der Waals surface area (Å²) in [6.45, 7) is 2.72. The molecule has 0 unspecified atom stereocenters. The maximum Gasteiger partial charge on any atom is 0.343 e. The van der Waals surface area contributed by atoms with Crippen LogP contribution in [0.5, 0.6) is 17.2 Å². The van der Waals surface area contributed by atoms with Gasteiger partial charge in [0, 0.05) is 5.56 Å². The lowest BCUT2D eigenvalue weighted by molar-refractivity contribution is 0.0729. The molecule has 0 heterocycles. The predicted molar refractivity (Wildman–Crippen MR) is 126 cm³/mol. The highest BCUT2D eigenvalue weighted by Gasteiger charge is 2.13. The Kier molecular flexibility index (Phi) is 8.73. The van der Waals surface area contributed by atoms with Crippen LogP contribution in [0.1, 0.15) is 46.0 Å². The van der Waals surface area contributed by atoms with E-state index in [9.17, 15) is 14.0 Å². The van der Waals surface area contributed by atoms with E-state index in [1.165, 1.54) is 37.6 Å². The second kappa shape index (κ2) is 12.2. The molecule has 0 aliphatic carbocycles. The van der Waals surface area contributed by atoms with E-state index in [-0.39, 0.29) is 11.3 Å². The minimum Gasteiger partial charge on any atom is -0.494 e. The van der Waals surface area contributed by atoms with Crippen LogP contribution in [0.15, 0.2) is 71.8 Å². The molecule has 1 N–H and O–H groups in total. The molecule has 1 amide bonds. The average Bonchev–Trinajstić information content (AvgIpc) is 2.85. The maximum absolute atomic E-state index is 13.0. The Morgan fingerprint density at radius 2 is 1.68 bits per heavy atom. The molecule has 3 rings (SSSR count). The monoisotopic (exact) mass is 464 g/mol. The van der Waals surface area contributed by atoms with Gasteiger partial charge in [0.2, 0.25) is 0 Å². The minimum atomic E-state index is -0.536. The van der Waals surface area contributed by atoms with Crippen molar-refractivity contribution in [3.05, 3.63) is 89.2 Å². The van der Waals surface area contributed by atoms with Crippen LogP contribution < -0.4 is 19.6 Å². The molecule has 0 atom stereocenters. The van der Waals surface area contributed by atoms with E-state index < -0.39 is 17.7 Å². The molecule has 0 aliphatic rings. The lowest BCUT2D eigenvalue weighted by atomic mass is 10.2. The van der Waals surface area contributed by atoms with Crippen LogP contribution in [0.3, 0.4) is 0 Å². The van der Waals surface area contributed by atoms with Gasteiger partial charge in [-0.3, -0.25) is 4.79 Å². The van der Waals surface area contributed by atoms with Crippen molar-refractivity contribution in [2.45, 2.75) is 19.8 Å². The number of carbonyl (C=O) groups is 2. The van der Waals surface area contributed by atoms with Crippen LogP contribution in [0, 0.1) is 5.82 Å². The molecule has 0 fully saturated rings. The molecule has 0 radical (unpaired) electrons. The smallest absolute Gasteiger partial charge is 0.343 e. The third-order valence-corrected chi connectivity index (χ3v) is 4.73. The van der Waals surface area contributed by atoms with Gasteiger partial charge in [-0.15, -0.1) is 0 Å². The van der Waals surface area contributed by atoms with Crippen molar-refractivity contribution in [2.75, 3.05) is 13.7 Å². The molecule has 34 heavy (non-hydrogen) atoms. The number of ether oxygens (including phenoxy) is 3. The van der Waals surface area contributed by atoms with E-state index in [1.54, 1.807) is 42.5 Å². The molecular formula is C26H25FN2O5. The Balaban J connectivity index is 1.60. The molecule has 0 bridgehead atoms. The van der Waals surface area contributed by atoms with Gasteiger partial charge >= 0.3 is 5.97 Å². The standard InChI is InChI=1S/C26H25FN2O5/c1-3-4-15-33-22-12-8-20(9-13-22)26(31)34-23-14-5-18(16-24(23)32-2)17-28-29-25(30)19-6-10-21(27)11-7-19/h5-14,16-17H,3-4,15H2,1-2H3,(H,29,30)/b28-17+. The van der Waals surface area contributed by atoms with Crippen molar-refractivity contribution in [2.24, 2.45) is 5.10 Å². The molecule has 3 aromatic rings. The first-order valence-electron chi connectivity index (χ1n) is 10.7. The van der Waals surface area contributed by atoms with Crippen LogP contribution in [0.2, 0.25) is 0 Å². The normalized spacial score (nSPS) is 10.7. The molecule has 0 spiro atoms. The molecule has 3 aromatic carbocycles. The lowest BCUT2D eigenvalue weighted by Crippen LogP contribution is -2.17. The Labute approximate surface area is 197 Å². The van der Waals surface area contributed by atoms with Gasteiger partial charge < -0.3 is 14.2 Å². The van der Waals surface area contributed by atoms with E-state index in [4.69, 9.17) is 14.2 Å². The lowest BCUT2D eigenvalue weighted by Gasteiger charge is -2.10. The van der Waals surface area contributed by atoms with Gasteiger partial charge in [0.05, 0.1) is 25.5 Å². The number of nitrogens with one attached hydrogen (secondary N) is 1. The average molecular weight is 464 g/mol. The summed E-state index contributed by atoms with van der Waals surface area (Å²) >= 11 is 0. The number of nitrogens with zero attached hydrogens (tertiary/aromatic N) is 1. The van der Waals surface area contributed by atoms with Crippen molar-refractivity contribution in [1.29, 1.82) is 0 Å². The molecule has 0 aliphatic heterocycles. The first-order chi connectivity index (χ1) is 16.5. The number of hydrogen-bond donors (Lipinski definition) is 1. The summed E-state index contributed by atoms with van der Waals surface area (Å²) in [4.78, 5) is 24.6. The molecular weight excluding hydrogens is 439 g/mol. The van der Waals surface area contributed by atoms with Crippen LogP contribution in [-0.4, -0.2) is 31.8 Å². The summed E-state index contributed by atoms with van der Waals surface area (Å²) in [7, 11) is 1.45. The fourth-order valence-corrected chi connectivity index (χ4v) is 2.86. The zero-order chi connectivity index (χ0) is 24.3. The van der Waals surface area contributed by atoms with Crippen LogP contribution in [0.25, 0.3) is 0 Å². The SMILES string of the molecule is CCCCOc1ccc(C(=O)Oc2ccc(/C=N/NC(=O)c3ccc(F)cc3)cc2OC)cc1. The Morgan fingerprint density at radius 1 is 0.971 bits per heavy atom. The van der Waals surface area contributed by atoms with Crippen molar-refractivity contribution < 1.29 is 28.2 Å². The highest BCUT2D eigenvalue weighted by atomic mass is 19.1. The predicted octanol–water partition coefficient (Wildman–Crippen LogP) is 5.00. The van der Waals surface area contributed by atoms with Gasteiger partial charge in [-0.25, -0.2) is 14.6 Å². The Morgan fingerprint density at radius 3 is 2.35 bits per heavy atom. The van der Waals surface area contributed by atoms with Crippen molar-refractivity contribution in [3.63, 3.8) is 0 Å². The quantitative estimate of drug-likeness (QED) is 0.150. The Hall–Kier alpha value is -4.20. The fourth-order valence-electron chi connectivity index (χ4n) is 2.86. The van der Waals surface area contributed by atoms with E-state index in [1.807, 2.05) is 0 Å². The van der Waals surface area contributed by atoms with Crippen molar-refractivity contribution in [3.8, 4) is 17.2 Å². The zero-order valence-corrected chi connectivity index (χ0v) is 18.9. The van der Waals surface area contributed by atoms with Crippen LogP contribution in [0.4, 0.5) is 4.39 Å². The molecule has 0 saturated carbocycles. The number of carbonyl (C=O) groups excluding carboxylic acids is 2. The Bertz CT molecular complexity index is 1140. The topological polar surface area (TPSA) is 86.2 Å². The number of amides is 1. The van der Waals surface area contributed by atoms with Gasteiger partial charge in [-0.2, -0.15) is 5.10 Å². The number of unbranched alkanes of at least 4 members (excludes halogenated alkanes) is 1. The second-order valence-corrected chi connectivity index (χ2v) is 7.23. The van der Waals surface area contributed by atoms with E-state index >= 15 is 0 Å². The summed E-state index contributed by atoms with van der Waals surface area (Å²) in [6, 6.07) is 16.7. The number of hydrazone groups is 1. The number of methoxy groups -OCH3 is 1. The molecule has 0 saturated heterocycles. The zero-order valence-electron chi connectivity index (χ0n) is 18.9. The van der Waals surface area contributed by atoms with Gasteiger partial charge in [0.1, 0.15) is 11.6 Å². The molecule has 0 aromatic heterocycles. The number of hydrogen-bond acceptors (Lipinski definition) is 6. The molecule has 7 nitrogen and oxygen atoms in total. The number of benzene rings is 3. The third-order valence-electron chi connectivity index (χ3n) is 4.73. The first kappa shape index (κ1) is 24.4. The van der Waals surface area contributed by atoms with Gasteiger partial charge in [-0.05, 0) is 78.7 Å². The summed E-state index contributed by atoms with van der Waals surface area (Å²) in [5.41, 5.74) is 3.62. The van der Waals surface area contributed by atoms with Crippen molar-refractivity contribution in [1.82, 2.24) is 5.43 Å². The number of esters is 1. The largest absolute Gasteiger partial charge is 0.494 e. The van der Waals surface area contributed by atoms with Crippen LogP contribution in [-0.2, 0) is 0 Å². The number of rotatable bonds is 10. The second-order valence-electron chi connectivity index (χ2n) is 7.23. The highest BCUT2D eigenvalue weighted by Crippen LogP contribution is 2.28. The van der Waals surface area contributed by atoms with Gasteiger partial charge in [-0.1, -0.05) is 13.3 Å². The summed E-state index contributed by atoms with van der Waals surface area (Å²) in [5, 5.41) is 3.90. The molecule has 176 valence electrons. The maximum atomic E-state index is 13.0. The molecule has 8 heteroatoms. The highest BCUT2D eigenvalue weighted by molar-refractivity contribution is 5.95. The third kappa shape index (κ3) is 6.90. The fraction of sp³-hybridized carbons (Fsp3) is 0.192. The van der Waals surface area contributed by atoms with E-state index in [0.717, 1.165) is 12.8 Å². The van der Waals surface area contributed by atoms with Gasteiger partial charge in [0.25, 0.3) is 5.91 Å². The van der Waals surface area contributed by atoms with Crippen molar-refractivity contribution >= 4 is 18.1 Å². The first-order valence-corrected chi connectivity index (χ1v) is 10.7.